The van der Waals surface area contributed by atoms with E-state index < -0.39 is 0 Å². The maximum atomic E-state index is 11.3. The fraction of sp³-hybridized carbons (Fsp3) is 0.680. The van der Waals surface area contributed by atoms with Gasteiger partial charge in [0.2, 0.25) is 0 Å². The maximum absolute atomic E-state index is 11.3. The molecule has 0 amide bonds. The van der Waals surface area contributed by atoms with Crippen LogP contribution in [0.1, 0.15) is 94.6 Å². The summed E-state index contributed by atoms with van der Waals surface area (Å²) in [5.74, 6) is -0.360. The van der Waals surface area contributed by atoms with E-state index in [1.54, 1.807) is 11.1 Å². The van der Waals surface area contributed by atoms with Crippen LogP contribution in [0.15, 0.2) is 24.3 Å². The Labute approximate surface area is 176 Å². The Balaban J connectivity index is 0.000000248. The highest BCUT2D eigenvalue weighted by Crippen LogP contribution is 2.19. The highest BCUT2D eigenvalue weighted by Gasteiger charge is 2.07. The van der Waals surface area contributed by atoms with Gasteiger partial charge in [0.25, 0.3) is 0 Å². The van der Waals surface area contributed by atoms with Crippen molar-refractivity contribution in [3.05, 3.63) is 35.4 Å². The molecule has 4 nitrogen and oxygen atoms in total. The predicted octanol–water partition coefficient (Wildman–Crippen LogP) is 5.94. The second kappa shape index (κ2) is 15.1. The van der Waals surface area contributed by atoms with Gasteiger partial charge in [0, 0.05) is 12.8 Å². The number of ether oxygens (including phenoxy) is 2. The predicted molar refractivity (Wildman–Crippen MR) is 116 cm³/mol. The number of hydrogen-bond donors (Lipinski definition) is 0. The van der Waals surface area contributed by atoms with Gasteiger partial charge in [-0.3, -0.25) is 9.59 Å². The molecule has 1 fully saturated rings. The molecule has 1 aromatic carbocycles. The number of carbonyl (C=O) groups excluding carboxylic acids is 2. The Hall–Kier alpha value is -1.84. The summed E-state index contributed by atoms with van der Waals surface area (Å²) in [4.78, 5) is 22.7. The lowest BCUT2D eigenvalue weighted by Crippen LogP contribution is -2.13. The summed E-state index contributed by atoms with van der Waals surface area (Å²) in [5, 5.41) is 0. The van der Waals surface area contributed by atoms with Crippen LogP contribution in [0, 0.1) is 0 Å². The molecular weight excluding hydrogens is 364 g/mol. The van der Waals surface area contributed by atoms with Crippen LogP contribution < -0.4 is 0 Å². The Morgan fingerprint density at radius 1 is 0.483 bits per heavy atom. The topological polar surface area (TPSA) is 52.6 Å². The largest absolute Gasteiger partial charge is 0.462 e. The highest BCUT2D eigenvalue weighted by atomic mass is 16.6. The van der Waals surface area contributed by atoms with Crippen molar-refractivity contribution >= 4 is 11.9 Å². The van der Waals surface area contributed by atoms with E-state index in [0.717, 1.165) is 25.7 Å². The van der Waals surface area contributed by atoms with Gasteiger partial charge in [0.15, 0.2) is 0 Å². The van der Waals surface area contributed by atoms with Crippen LogP contribution in [-0.2, 0) is 31.9 Å². The molecule has 1 aliphatic carbocycles. The summed E-state index contributed by atoms with van der Waals surface area (Å²) >= 11 is 0. The number of benzene rings is 1. The van der Waals surface area contributed by atoms with Gasteiger partial charge in [-0.1, -0.05) is 69.2 Å². The third-order valence-corrected chi connectivity index (χ3v) is 5.63. The van der Waals surface area contributed by atoms with Gasteiger partial charge in [0.05, 0.1) is 0 Å². The molecule has 0 saturated carbocycles. The van der Waals surface area contributed by atoms with Crippen molar-refractivity contribution in [2.75, 3.05) is 13.2 Å². The molecule has 1 aliphatic heterocycles. The number of rotatable bonds is 0. The monoisotopic (exact) mass is 402 g/mol. The van der Waals surface area contributed by atoms with Crippen LogP contribution in [0.4, 0.5) is 0 Å². The van der Waals surface area contributed by atoms with Crippen molar-refractivity contribution in [2.24, 2.45) is 0 Å². The van der Waals surface area contributed by atoms with Gasteiger partial charge in [-0.25, -0.2) is 0 Å². The minimum Gasteiger partial charge on any atom is -0.462 e. The lowest BCUT2D eigenvalue weighted by atomic mass is 9.92. The molecule has 0 spiro atoms. The second-order valence-electron chi connectivity index (χ2n) is 8.10. The minimum absolute atomic E-state index is 0.180. The van der Waals surface area contributed by atoms with Gasteiger partial charge >= 0.3 is 11.9 Å². The zero-order chi connectivity index (χ0) is 20.6. The average Bonchev–Trinajstić information content (AvgIpc) is 2.75. The zero-order valence-electron chi connectivity index (χ0n) is 18.0. The van der Waals surface area contributed by atoms with E-state index in [2.05, 4.69) is 24.3 Å². The number of cyclic esters (lactones) is 2. The van der Waals surface area contributed by atoms with E-state index in [-0.39, 0.29) is 25.2 Å². The minimum atomic E-state index is -0.180. The van der Waals surface area contributed by atoms with E-state index in [0.29, 0.717) is 12.8 Å². The average molecular weight is 403 g/mol. The third kappa shape index (κ3) is 11.1. The summed E-state index contributed by atoms with van der Waals surface area (Å²) < 4.78 is 10.00. The van der Waals surface area contributed by atoms with Crippen molar-refractivity contribution in [3.63, 3.8) is 0 Å². The van der Waals surface area contributed by atoms with E-state index in [1.807, 2.05) is 0 Å². The first-order valence-electron chi connectivity index (χ1n) is 11.6. The fourth-order valence-electron chi connectivity index (χ4n) is 3.91. The first-order chi connectivity index (χ1) is 14.3. The first-order valence-corrected chi connectivity index (χ1v) is 11.6. The summed E-state index contributed by atoms with van der Waals surface area (Å²) in [6, 6.07) is 8.80. The summed E-state index contributed by atoms with van der Waals surface area (Å²) in [5.41, 5.74) is 3.16. The number of carbonyl (C=O) groups is 2. The van der Waals surface area contributed by atoms with Crippen LogP contribution in [0.5, 0.6) is 0 Å². The molecule has 0 aromatic heterocycles. The second-order valence-corrected chi connectivity index (χ2v) is 8.10. The first kappa shape index (κ1) is 23.4. The fourth-order valence-corrected chi connectivity index (χ4v) is 3.91. The van der Waals surface area contributed by atoms with Crippen LogP contribution in [-0.4, -0.2) is 25.2 Å². The Bertz CT molecular complexity index is 545. The van der Waals surface area contributed by atoms with Crippen molar-refractivity contribution in [1.29, 1.82) is 0 Å². The quantitative estimate of drug-likeness (QED) is 0.504. The van der Waals surface area contributed by atoms with E-state index >= 15 is 0 Å². The molecule has 0 unspecified atom stereocenters. The summed E-state index contributed by atoms with van der Waals surface area (Å²) in [6.07, 6.45) is 16.5. The van der Waals surface area contributed by atoms with Crippen molar-refractivity contribution in [3.8, 4) is 0 Å². The van der Waals surface area contributed by atoms with Gasteiger partial charge < -0.3 is 9.47 Å². The van der Waals surface area contributed by atoms with Crippen molar-refractivity contribution in [2.45, 2.75) is 96.3 Å². The SMILES string of the molecule is O=C1CCCCCCCCCCCC(=O)OCCO1.c1ccc2c(c1)CCCC2. The van der Waals surface area contributed by atoms with E-state index in [4.69, 9.17) is 9.47 Å². The smallest absolute Gasteiger partial charge is 0.305 e. The van der Waals surface area contributed by atoms with Gasteiger partial charge in [-0.2, -0.15) is 0 Å². The van der Waals surface area contributed by atoms with Gasteiger partial charge in [-0.05, 0) is 49.7 Å². The van der Waals surface area contributed by atoms with E-state index in [9.17, 15) is 9.59 Å². The Kier molecular flexibility index (Phi) is 12.2. The lowest BCUT2D eigenvalue weighted by Gasteiger charge is -2.13. The standard InChI is InChI=1S/C15H26O4.C10H12/c16-14-10-8-6-4-2-1-3-5-7-9-11-15(17)19-13-12-18-14;1-2-6-10-8-4-3-7-9(10)5-1/h1-13H2;1-2,5-6H,3-4,7-8H2. The van der Waals surface area contributed by atoms with Crippen LogP contribution in [0.3, 0.4) is 0 Å². The molecule has 2 aliphatic rings. The van der Waals surface area contributed by atoms with Crippen molar-refractivity contribution < 1.29 is 19.1 Å². The normalized spacial score (nSPS) is 20.1. The third-order valence-electron chi connectivity index (χ3n) is 5.63. The van der Waals surface area contributed by atoms with E-state index in [1.165, 1.54) is 57.8 Å². The Morgan fingerprint density at radius 2 is 0.828 bits per heavy atom. The molecule has 3 rings (SSSR count). The van der Waals surface area contributed by atoms with Crippen molar-refractivity contribution in [1.82, 2.24) is 0 Å². The molecule has 1 heterocycles. The number of fused-ring (bicyclic) bond motifs is 1. The molecule has 1 saturated heterocycles. The highest BCUT2D eigenvalue weighted by molar-refractivity contribution is 5.70. The van der Waals surface area contributed by atoms with Crippen LogP contribution in [0.25, 0.3) is 0 Å². The molecule has 0 N–H and O–H groups in total. The molecule has 0 atom stereocenters. The number of aryl methyl sites for hydroxylation is 2. The molecule has 0 bridgehead atoms. The Morgan fingerprint density at radius 3 is 1.24 bits per heavy atom. The number of hydrogen-bond acceptors (Lipinski definition) is 4. The zero-order valence-corrected chi connectivity index (χ0v) is 18.0. The van der Waals surface area contributed by atoms with Gasteiger partial charge in [-0.15, -0.1) is 0 Å². The number of esters is 2. The molecule has 29 heavy (non-hydrogen) atoms. The molecule has 0 radical (unpaired) electrons. The molecule has 1 aromatic rings. The van der Waals surface area contributed by atoms with Crippen LogP contribution >= 0.6 is 0 Å². The molecule has 4 heteroatoms. The molecular formula is C25H38O4. The maximum Gasteiger partial charge on any atom is 0.305 e. The summed E-state index contributed by atoms with van der Waals surface area (Å²) in [6.45, 7) is 0.370. The lowest BCUT2D eigenvalue weighted by molar-refractivity contribution is -0.152. The summed E-state index contributed by atoms with van der Waals surface area (Å²) in [7, 11) is 0. The molecule has 162 valence electrons. The van der Waals surface area contributed by atoms with Gasteiger partial charge in [0.1, 0.15) is 13.2 Å². The van der Waals surface area contributed by atoms with Crippen LogP contribution in [0.2, 0.25) is 0 Å².